The van der Waals surface area contributed by atoms with E-state index in [1.807, 2.05) is 6.07 Å². The van der Waals surface area contributed by atoms with Crippen molar-refractivity contribution in [2.75, 3.05) is 5.32 Å². The molecule has 0 heterocycles. The fourth-order valence-electron chi connectivity index (χ4n) is 1.57. The summed E-state index contributed by atoms with van der Waals surface area (Å²) in [6, 6.07) is 11.2. The molecule has 0 saturated heterocycles. The highest BCUT2D eigenvalue weighted by Crippen LogP contribution is 2.27. The van der Waals surface area contributed by atoms with Gasteiger partial charge in [-0.3, -0.25) is 0 Å². The smallest absolute Gasteiger partial charge is 0.340 e. The second-order valence-corrected chi connectivity index (χ2v) is 4.04. The highest BCUT2D eigenvalue weighted by atomic mass is 35.5. The number of aromatic carboxylic acids is 1. The summed E-state index contributed by atoms with van der Waals surface area (Å²) in [6.07, 6.45) is 0. The lowest BCUT2D eigenvalue weighted by molar-refractivity contribution is 0.0693. The normalized spacial score (nSPS) is 10.1. The number of carboxylic acid groups (broad SMARTS) is 1. The molecule has 0 radical (unpaired) electrons. The first-order valence-corrected chi connectivity index (χ1v) is 5.50. The Morgan fingerprint density at radius 2 is 1.89 bits per heavy atom. The fourth-order valence-corrected chi connectivity index (χ4v) is 1.77. The number of hydrogen-bond acceptors (Lipinski definition) is 2. The number of para-hydroxylation sites is 1. The number of benzene rings is 2. The van der Waals surface area contributed by atoms with Gasteiger partial charge in [0.15, 0.2) is 0 Å². The number of carbonyl (C=O) groups is 1. The van der Waals surface area contributed by atoms with Gasteiger partial charge >= 0.3 is 5.97 Å². The van der Waals surface area contributed by atoms with Crippen LogP contribution in [0.25, 0.3) is 0 Å². The van der Waals surface area contributed by atoms with Crippen LogP contribution in [0.1, 0.15) is 10.4 Å². The zero-order valence-electron chi connectivity index (χ0n) is 9.15. The Hall–Kier alpha value is -2.07. The molecule has 0 atom stereocenters. The molecule has 3 nitrogen and oxygen atoms in total. The number of hydrogen-bond donors (Lipinski definition) is 2. The van der Waals surface area contributed by atoms with E-state index < -0.39 is 17.3 Å². The molecule has 92 valence electrons. The SMILES string of the molecule is O=C(O)c1c(F)cc(Cl)cc1Nc1ccccc1. The third-order valence-corrected chi connectivity index (χ3v) is 2.54. The van der Waals surface area contributed by atoms with Gasteiger partial charge in [0.25, 0.3) is 0 Å². The van der Waals surface area contributed by atoms with Gasteiger partial charge < -0.3 is 10.4 Å². The van der Waals surface area contributed by atoms with Crippen molar-refractivity contribution in [2.45, 2.75) is 0 Å². The Morgan fingerprint density at radius 1 is 1.22 bits per heavy atom. The molecule has 0 aromatic heterocycles. The lowest BCUT2D eigenvalue weighted by Gasteiger charge is -2.10. The highest BCUT2D eigenvalue weighted by Gasteiger charge is 2.17. The minimum absolute atomic E-state index is 0.124. The van der Waals surface area contributed by atoms with Crippen LogP contribution >= 0.6 is 11.6 Å². The zero-order valence-corrected chi connectivity index (χ0v) is 9.91. The number of carboxylic acids is 1. The lowest BCUT2D eigenvalue weighted by Crippen LogP contribution is -2.06. The molecule has 2 aromatic carbocycles. The molecule has 0 aliphatic heterocycles. The van der Waals surface area contributed by atoms with Gasteiger partial charge in [-0.05, 0) is 24.3 Å². The van der Waals surface area contributed by atoms with Crippen molar-refractivity contribution < 1.29 is 14.3 Å². The zero-order chi connectivity index (χ0) is 13.1. The quantitative estimate of drug-likeness (QED) is 0.884. The van der Waals surface area contributed by atoms with E-state index in [0.717, 1.165) is 6.07 Å². The van der Waals surface area contributed by atoms with Crippen LogP contribution in [-0.4, -0.2) is 11.1 Å². The van der Waals surface area contributed by atoms with Gasteiger partial charge in [0, 0.05) is 10.7 Å². The summed E-state index contributed by atoms with van der Waals surface area (Å²) in [5, 5.41) is 12.0. The molecule has 0 aliphatic rings. The van der Waals surface area contributed by atoms with E-state index >= 15 is 0 Å². The Bertz CT molecular complexity index is 587. The maximum Gasteiger partial charge on any atom is 0.340 e. The monoisotopic (exact) mass is 265 g/mol. The number of halogens is 2. The maximum atomic E-state index is 13.6. The molecule has 2 N–H and O–H groups in total. The van der Waals surface area contributed by atoms with Crippen molar-refractivity contribution in [1.82, 2.24) is 0 Å². The summed E-state index contributed by atoms with van der Waals surface area (Å²) in [5.74, 6) is -2.21. The molecule has 0 aliphatic carbocycles. The van der Waals surface area contributed by atoms with Crippen molar-refractivity contribution in [2.24, 2.45) is 0 Å². The van der Waals surface area contributed by atoms with Crippen molar-refractivity contribution >= 4 is 28.9 Å². The summed E-state index contributed by atoms with van der Waals surface area (Å²) < 4.78 is 13.6. The van der Waals surface area contributed by atoms with Gasteiger partial charge in [-0.2, -0.15) is 0 Å². The fraction of sp³-hybridized carbons (Fsp3) is 0. The van der Waals surface area contributed by atoms with Crippen molar-refractivity contribution in [1.29, 1.82) is 0 Å². The standard InChI is InChI=1S/C13H9ClFNO2/c14-8-6-10(15)12(13(17)18)11(7-8)16-9-4-2-1-3-5-9/h1-7,16H,(H,17,18). The summed E-state index contributed by atoms with van der Waals surface area (Å²) in [7, 11) is 0. The van der Waals surface area contributed by atoms with Crippen LogP contribution in [0.15, 0.2) is 42.5 Å². The second-order valence-electron chi connectivity index (χ2n) is 3.61. The van der Waals surface area contributed by atoms with Crippen LogP contribution in [0.3, 0.4) is 0 Å². The largest absolute Gasteiger partial charge is 0.478 e. The first-order valence-electron chi connectivity index (χ1n) is 5.12. The van der Waals surface area contributed by atoms with Gasteiger partial charge in [0.1, 0.15) is 11.4 Å². The topological polar surface area (TPSA) is 49.3 Å². The van der Waals surface area contributed by atoms with Gasteiger partial charge in [-0.25, -0.2) is 9.18 Å². The Balaban J connectivity index is 2.46. The molecule has 2 aromatic rings. The molecule has 18 heavy (non-hydrogen) atoms. The Kier molecular flexibility index (Phi) is 3.48. The van der Waals surface area contributed by atoms with Crippen LogP contribution in [-0.2, 0) is 0 Å². The van der Waals surface area contributed by atoms with Crippen LogP contribution in [0.5, 0.6) is 0 Å². The van der Waals surface area contributed by atoms with E-state index in [0.29, 0.717) is 5.69 Å². The highest BCUT2D eigenvalue weighted by molar-refractivity contribution is 6.31. The number of anilines is 2. The predicted molar refractivity (Wildman–Crippen MR) is 68.1 cm³/mol. The van der Waals surface area contributed by atoms with Gasteiger partial charge in [-0.15, -0.1) is 0 Å². The van der Waals surface area contributed by atoms with Crippen LogP contribution in [0.2, 0.25) is 5.02 Å². The van der Waals surface area contributed by atoms with Crippen LogP contribution < -0.4 is 5.32 Å². The van der Waals surface area contributed by atoms with E-state index in [1.54, 1.807) is 24.3 Å². The summed E-state index contributed by atoms with van der Waals surface area (Å²) in [5.41, 5.74) is 0.351. The molecule has 2 rings (SSSR count). The first kappa shape index (κ1) is 12.4. The minimum Gasteiger partial charge on any atom is -0.478 e. The van der Waals surface area contributed by atoms with Gasteiger partial charge in [-0.1, -0.05) is 29.8 Å². The van der Waals surface area contributed by atoms with Gasteiger partial charge in [0.05, 0.1) is 5.69 Å². The molecular formula is C13H9ClFNO2. The van der Waals surface area contributed by atoms with E-state index in [2.05, 4.69) is 5.32 Å². The van der Waals surface area contributed by atoms with Crippen LogP contribution in [0, 0.1) is 5.82 Å². The molecule has 0 saturated carbocycles. The van der Waals surface area contributed by atoms with Crippen molar-refractivity contribution in [3.63, 3.8) is 0 Å². The average molecular weight is 266 g/mol. The summed E-state index contributed by atoms with van der Waals surface area (Å²) in [4.78, 5) is 11.0. The third-order valence-electron chi connectivity index (χ3n) is 2.32. The van der Waals surface area contributed by atoms with Crippen molar-refractivity contribution in [3.8, 4) is 0 Å². The lowest BCUT2D eigenvalue weighted by atomic mass is 10.1. The molecule has 5 heteroatoms. The molecule has 0 unspecified atom stereocenters. The molecule has 0 amide bonds. The van der Waals surface area contributed by atoms with Crippen molar-refractivity contribution in [3.05, 3.63) is 58.9 Å². The van der Waals surface area contributed by atoms with E-state index in [4.69, 9.17) is 16.7 Å². The number of rotatable bonds is 3. The third kappa shape index (κ3) is 2.60. The predicted octanol–water partition coefficient (Wildman–Crippen LogP) is 3.92. The van der Waals surface area contributed by atoms with Gasteiger partial charge in [0.2, 0.25) is 0 Å². The minimum atomic E-state index is -1.34. The van der Waals surface area contributed by atoms with E-state index in [9.17, 15) is 9.18 Å². The van der Waals surface area contributed by atoms with Crippen LogP contribution in [0.4, 0.5) is 15.8 Å². The molecule has 0 fully saturated rings. The summed E-state index contributed by atoms with van der Waals surface area (Å²) >= 11 is 5.72. The molecule has 0 spiro atoms. The second kappa shape index (κ2) is 5.06. The Labute approximate surface area is 108 Å². The summed E-state index contributed by atoms with van der Waals surface area (Å²) in [6.45, 7) is 0. The molecule has 0 bridgehead atoms. The van der Waals surface area contributed by atoms with E-state index in [1.165, 1.54) is 6.07 Å². The van der Waals surface area contributed by atoms with E-state index in [-0.39, 0.29) is 10.7 Å². The Morgan fingerprint density at radius 3 is 2.50 bits per heavy atom. The number of nitrogens with one attached hydrogen (secondary N) is 1. The molecular weight excluding hydrogens is 257 g/mol. The average Bonchev–Trinajstić information content (AvgIpc) is 2.28. The first-order chi connectivity index (χ1) is 8.58. The maximum absolute atomic E-state index is 13.6.